The van der Waals surface area contributed by atoms with Crippen molar-refractivity contribution in [2.24, 2.45) is 0 Å². The summed E-state index contributed by atoms with van der Waals surface area (Å²) in [5, 5.41) is 2.91. The first-order valence-corrected chi connectivity index (χ1v) is 9.14. The highest BCUT2D eigenvalue weighted by Gasteiger charge is 2.23. The number of benzene rings is 2. The molecule has 0 N–H and O–H groups in total. The highest BCUT2D eigenvalue weighted by molar-refractivity contribution is 6.09. The Hall–Kier alpha value is -2.59. The topological polar surface area (TPSA) is 48.7 Å². The smallest absolute Gasteiger partial charge is 0.339 e. The summed E-state index contributed by atoms with van der Waals surface area (Å²) in [7, 11) is 1.66. The molecule has 0 amide bonds. The van der Waals surface area contributed by atoms with Crippen LogP contribution in [0.2, 0.25) is 0 Å². The fourth-order valence-electron chi connectivity index (χ4n) is 4.34. The van der Waals surface area contributed by atoms with Crippen LogP contribution in [0.25, 0.3) is 21.7 Å². The molecule has 1 aromatic heterocycles. The van der Waals surface area contributed by atoms with Crippen molar-refractivity contribution < 1.29 is 13.9 Å². The van der Waals surface area contributed by atoms with E-state index in [0.29, 0.717) is 12.2 Å². The molecule has 0 fully saturated rings. The molecule has 1 aliphatic carbocycles. The number of fused-ring (bicyclic) bond motifs is 5. The van der Waals surface area contributed by atoms with Crippen LogP contribution >= 0.6 is 0 Å². The Labute approximate surface area is 151 Å². The van der Waals surface area contributed by atoms with Crippen molar-refractivity contribution in [2.75, 3.05) is 13.7 Å². The van der Waals surface area contributed by atoms with Gasteiger partial charge in [0.15, 0.2) is 0 Å². The number of aryl methyl sites for hydroxylation is 1. The van der Waals surface area contributed by atoms with Gasteiger partial charge in [-0.15, -0.1) is 0 Å². The van der Waals surface area contributed by atoms with E-state index in [0.717, 1.165) is 64.3 Å². The minimum absolute atomic E-state index is 0.129. The summed E-state index contributed by atoms with van der Waals surface area (Å²) >= 11 is 0. The SMILES string of the molecule is COc1ccc([C@H]2C=CCO2)c2c1ccc1c3c(c(=O)oc12)CCCC3. The van der Waals surface area contributed by atoms with Crippen LogP contribution in [-0.4, -0.2) is 13.7 Å². The van der Waals surface area contributed by atoms with Gasteiger partial charge in [-0.1, -0.05) is 24.3 Å². The summed E-state index contributed by atoms with van der Waals surface area (Å²) in [6.07, 6.45) is 7.85. The van der Waals surface area contributed by atoms with Crippen molar-refractivity contribution in [3.8, 4) is 5.75 Å². The lowest BCUT2D eigenvalue weighted by Crippen LogP contribution is -2.16. The maximum Gasteiger partial charge on any atom is 0.339 e. The summed E-state index contributed by atoms with van der Waals surface area (Å²) in [6, 6.07) is 8.12. The molecule has 4 nitrogen and oxygen atoms in total. The van der Waals surface area contributed by atoms with Crippen LogP contribution in [0.15, 0.2) is 45.6 Å². The molecule has 0 saturated carbocycles. The molecule has 4 heteroatoms. The highest BCUT2D eigenvalue weighted by atomic mass is 16.5. The first kappa shape index (κ1) is 15.6. The van der Waals surface area contributed by atoms with Crippen LogP contribution in [0.3, 0.4) is 0 Å². The fourth-order valence-corrected chi connectivity index (χ4v) is 4.34. The summed E-state index contributed by atoms with van der Waals surface area (Å²) in [5.74, 6) is 0.771. The molecule has 2 aliphatic rings. The first-order valence-electron chi connectivity index (χ1n) is 9.14. The van der Waals surface area contributed by atoms with Crippen LogP contribution in [0, 0.1) is 0 Å². The van der Waals surface area contributed by atoms with E-state index in [1.165, 1.54) is 0 Å². The highest BCUT2D eigenvalue weighted by Crippen LogP contribution is 2.40. The molecule has 132 valence electrons. The molecule has 1 atom stereocenters. The zero-order chi connectivity index (χ0) is 17.7. The second-order valence-electron chi connectivity index (χ2n) is 6.96. The lowest BCUT2D eigenvalue weighted by molar-refractivity contribution is 0.130. The molecule has 1 aliphatic heterocycles. The number of ether oxygens (including phenoxy) is 2. The maximum atomic E-state index is 12.7. The second-order valence-corrected chi connectivity index (χ2v) is 6.96. The summed E-state index contributed by atoms with van der Waals surface area (Å²) in [5.41, 5.74) is 3.48. The summed E-state index contributed by atoms with van der Waals surface area (Å²) < 4.78 is 17.3. The molecule has 0 radical (unpaired) electrons. The maximum absolute atomic E-state index is 12.7. The van der Waals surface area contributed by atoms with E-state index in [2.05, 4.69) is 18.2 Å². The molecular formula is C22H20O4. The Morgan fingerprint density at radius 1 is 1.04 bits per heavy atom. The molecule has 0 saturated heterocycles. The standard InChI is InChI=1S/C22H20O4/c1-24-18-11-10-17(19-7-4-12-25-19)20-16(18)9-8-14-13-5-2-3-6-15(13)22(23)26-21(14)20/h4,7-11,19H,2-3,5-6,12H2,1H3/t19-/m1/s1. The molecule has 2 aromatic carbocycles. The van der Waals surface area contributed by atoms with E-state index in [-0.39, 0.29) is 11.7 Å². The van der Waals surface area contributed by atoms with E-state index >= 15 is 0 Å². The Morgan fingerprint density at radius 2 is 1.85 bits per heavy atom. The van der Waals surface area contributed by atoms with Crippen LogP contribution in [-0.2, 0) is 17.6 Å². The molecule has 26 heavy (non-hydrogen) atoms. The zero-order valence-corrected chi connectivity index (χ0v) is 14.7. The normalized spacial score (nSPS) is 19.2. The average molecular weight is 348 g/mol. The molecule has 0 bridgehead atoms. The predicted octanol–water partition coefficient (Wildman–Crippen LogP) is 4.46. The zero-order valence-electron chi connectivity index (χ0n) is 14.7. The molecule has 3 aromatic rings. The third-order valence-corrected chi connectivity index (χ3v) is 5.57. The Morgan fingerprint density at radius 3 is 2.62 bits per heavy atom. The van der Waals surface area contributed by atoms with Crippen molar-refractivity contribution in [1.82, 2.24) is 0 Å². The third kappa shape index (κ3) is 2.22. The van der Waals surface area contributed by atoms with E-state index in [9.17, 15) is 4.79 Å². The molecule has 2 heterocycles. The number of hydrogen-bond donors (Lipinski definition) is 0. The van der Waals surface area contributed by atoms with E-state index in [1.54, 1.807) is 7.11 Å². The van der Waals surface area contributed by atoms with E-state index in [1.807, 2.05) is 18.2 Å². The Balaban J connectivity index is 1.93. The van der Waals surface area contributed by atoms with Gasteiger partial charge in [0.25, 0.3) is 0 Å². The van der Waals surface area contributed by atoms with E-state index in [4.69, 9.17) is 13.9 Å². The van der Waals surface area contributed by atoms with Gasteiger partial charge >= 0.3 is 5.63 Å². The van der Waals surface area contributed by atoms with Crippen molar-refractivity contribution in [3.05, 3.63) is 63.5 Å². The fraction of sp³-hybridized carbons (Fsp3) is 0.318. The minimum Gasteiger partial charge on any atom is -0.496 e. The van der Waals surface area contributed by atoms with Crippen LogP contribution in [0.1, 0.15) is 35.6 Å². The van der Waals surface area contributed by atoms with Gasteiger partial charge in [0.05, 0.1) is 13.7 Å². The lowest BCUT2D eigenvalue weighted by Gasteiger charge is -2.19. The number of hydrogen-bond acceptors (Lipinski definition) is 4. The molecular weight excluding hydrogens is 328 g/mol. The van der Waals surface area contributed by atoms with Gasteiger partial charge in [0.1, 0.15) is 17.4 Å². The molecule has 5 rings (SSSR count). The summed E-state index contributed by atoms with van der Waals surface area (Å²) in [6.45, 7) is 0.600. The van der Waals surface area contributed by atoms with Gasteiger partial charge in [-0.05, 0) is 48.9 Å². The van der Waals surface area contributed by atoms with Gasteiger partial charge in [0.2, 0.25) is 0 Å². The largest absolute Gasteiger partial charge is 0.496 e. The lowest BCUT2D eigenvalue weighted by atomic mass is 9.88. The van der Waals surface area contributed by atoms with Crippen molar-refractivity contribution in [1.29, 1.82) is 0 Å². The summed E-state index contributed by atoms with van der Waals surface area (Å²) in [4.78, 5) is 12.7. The van der Waals surface area contributed by atoms with Gasteiger partial charge in [-0.2, -0.15) is 0 Å². The quantitative estimate of drug-likeness (QED) is 0.390. The number of methoxy groups -OCH3 is 1. The van der Waals surface area contributed by atoms with Gasteiger partial charge in [-0.25, -0.2) is 4.79 Å². The Kier molecular flexibility index (Phi) is 3.61. The first-order chi connectivity index (χ1) is 12.8. The molecule has 0 unspecified atom stereocenters. The van der Waals surface area contributed by atoms with Crippen LogP contribution in [0.5, 0.6) is 5.75 Å². The Bertz CT molecular complexity index is 1110. The number of rotatable bonds is 2. The van der Waals surface area contributed by atoms with E-state index < -0.39 is 0 Å². The van der Waals surface area contributed by atoms with Crippen molar-refractivity contribution >= 4 is 21.7 Å². The average Bonchev–Trinajstić information content (AvgIpc) is 3.21. The van der Waals surface area contributed by atoms with Crippen LogP contribution < -0.4 is 10.4 Å². The van der Waals surface area contributed by atoms with Crippen molar-refractivity contribution in [3.63, 3.8) is 0 Å². The second kappa shape index (κ2) is 5.99. The molecule has 0 spiro atoms. The monoisotopic (exact) mass is 348 g/mol. The van der Waals surface area contributed by atoms with Crippen molar-refractivity contribution in [2.45, 2.75) is 31.8 Å². The van der Waals surface area contributed by atoms with Gasteiger partial charge < -0.3 is 13.9 Å². The van der Waals surface area contributed by atoms with Gasteiger partial charge in [-0.3, -0.25) is 0 Å². The predicted molar refractivity (Wildman–Crippen MR) is 101 cm³/mol. The van der Waals surface area contributed by atoms with Crippen LogP contribution in [0.4, 0.5) is 0 Å². The third-order valence-electron chi connectivity index (χ3n) is 5.57. The minimum atomic E-state index is -0.198. The van der Waals surface area contributed by atoms with Gasteiger partial charge in [0, 0.05) is 21.7 Å².